The SMILES string of the molecule is Cc1cc(SC(C)C)c(NC(=O)CCCCSc2nc3c(C)c(Cl)cc(C(C)C)c3o2)c(SC(C)C)n1. The van der Waals surface area contributed by atoms with Gasteiger partial charge in [-0.1, -0.05) is 64.9 Å². The summed E-state index contributed by atoms with van der Waals surface area (Å²) >= 11 is 11.5. The van der Waals surface area contributed by atoms with Crippen molar-refractivity contribution in [2.75, 3.05) is 11.1 Å². The third-order valence-electron chi connectivity index (χ3n) is 5.56. The quantitative estimate of drug-likeness (QED) is 0.169. The zero-order chi connectivity index (χ0) is 27.3. The molecule has 5 nitrogen and oxygen atoms in total. The summed E-state index contributed by atoms with van der Waals surface area (Å²) in [6, 6.07) is 4.06. The first-order valence-corrected chi connectivity index (χ1v) is 16.0. The maximum atomic E-state index is 12.9. The summed E-state index contributed by atoms with van der Waals surface area (Å²) in [6.45, 7) is 16.8. The van der Waals surface area contributed by atoms with Gasteiger partial charge in [0.2, 0.25) is 5.91 Å². The molecule has 0 radical (unpaired) electrons. The van der Waals surface area contributed by atoms with Crippen molar-refractivity contribution in [1.29, 1.82) is 0 Å². The molecule has 37 heavy (non-hydrogen) atoms. The van der Waals surface area contributed by atoms with Gasteiger partial charge in [-0.3, -0.25) is 4.79 Å². The van der Waals surface area contributed by atoms with Crippen LogP contribution in [-0.4, -0.2) is 32.1 Å². The molecule has 3 rings (SSSR count). The van der Waals surface area contributed by atoms with Gasteiger partial charge in [-0.15, -0.1) is 23.5 Å². The van der Waals surface area contributed by atoms with Crippen LogP contribution in [0.5, 0.6) is 0 Å². The van der Waals surface area contributed by atoms with E-state index in [2.05, 4.69) is 52.9 Å². The molecule has 0 aliphatic rings. The van der Waals surface area contributed by atoms with Gasteiger partial charge in [0.15, 0.2) is 5.58 Å². The molecule has 1 N–H and O–H groups in total. The fourth-order valence-corrected chi connectivity index (χ4v) is 6.83. The third kappa shape index (κ3) is 8.32. The molecular formula is C28H38ClN3O2S3. The normalized spacial score (nSPS) is 11.9. The van der Waals surface area contributed by atoms with E-state index in [-0.39, 0.29) is 5.91 Å². The summed E-state index contributed by atoms with van der Waals surface area (Å²) < 4.78 is 6.10. The zero-order valence-corrected chi connectivity index (χ0v) is 26.2. The molecule has 0 fully saturated rings. The van der Waals surface area contributed by atoms with Crippen LogP contribution in [0.3, 0.4) is 0 Å². The minimum absolute atomic E-state index is 0.0283. The Morgan fingerprint density at radius 2 is 1.73 bits per heavy atom. The number of benzene rings is 1. The molecule has 0 atom stereocenters. The molecule has 0 aliphatic heterocycles. The van der Waals surface area contributed by atoms with Gasteiger partial charge < -0.3 is 9.73 Å². The number of nitrogens with one attached hydrogen (secondary N) is 1. The standard InChI is InChI=1S/C28H38ClN3O2S3/c1-15(2)20-14-21(29)19(8)24-26(20)34-28(32-24)35-12-10-9-11-23(33)31-25-22(36-16(3)4)13-18(7)30-27(25)37-17(5)6/h13-17H,9-12H2,1-8H3,(H,31,33). The van der Waals surface area contributed by atoms with Gasteiger partial charge in [0.25, 0.3) is 5.22 Å². The van der Waals surface area contributed by atoms with Crippen molar-refractivity contribution in [3.63, 3.8) is 0 Å². The zero-order valence-electron chi connectivity index (χ0n) is 23.0. The monoisotopic (exact) mass is 579 g/mol. The number of anilines is 1. The van der Waals surface area contributed by atoms with Crippen molar-refractivity contribution in [1.82, 2.24) is 9.97 Å². The lowest BCUT2D eigenvalue weighted by atomic mass is 10.0. The molecule has 0 spiro atoms. The first-order valence-electron chi connectivity index (χ1n) is 12.8. The molecule has 0 aliphatic carbocycles. The molecule has 0 bridgehead atoms. The highest BCUT2D eigenvalue weighted by atomic mass is 35.5. The van der Waals surface area contributed by atoms with E-state index in [4.69, 9.17) is 26.0 Å². The molecule has 202 valence electrons. The number of oxazole rings is 1. The van der Waals surface area contributed by atoms with E-state index in [0.29, 0.717) is 28.1 Å². The summed E-state index contributed by atoms with van der Waals surface area (Å²) in [5.74, 6) is 1.16. The Kier molecular flexibility index (Phi) is 11.1. The Morgan fingerprint density at radius 3 is 2.38 bits per heavy atom. The van der Waals surface area contributed by atoms with Crippen LogP contribution in [0.4, 0.5) is 5.69 Å². The highest BCUT2D eigenvalue weighted by molar-refractivity contribution is 8.01. The molecule has 1 amide bonds. The molecule has 1 aromatic carbocycles. The number of aryl methyl sites for hydroxylation is 2. The summed E-state index contributed by atoms with van der Waals surface area (Å²) in [5, 5.41) is 6.24. The van der Waals surface area contributed by atoms with E-state index in [1.807, 2.05) is 19.9 Å². The second-order valence-corrected chi connectivity index (χ2v) is 14.7. The minimum atomic E-state index is 0.0283. The molecular weight excluding hydrogens is 542 g/mol. The second-order valence-electron chi connectivity index (χ2n) is 10.0. The lowest BCUT2D eigenvalue weighted by Crippen LogP contribution is -2.14. The van der Waals surface area contributed by atoms with Crippen molar-refractivity contribution in [3.05, 3.63) is 34.0 Å². The Balaban J connectivity index is 1.59. The molecule has 0 saturated heterocycles. The van der Waals surface area contributed by atoms with Crippen LogP contribution < -0.4 is 5.32 Å². The number of halogens is 1. The lowest BCUT2D eigenvalue weighted by Gasteiger charge is -2.18. The Morgan fingerprint density at radius 1 is 1.03 bits per heavy atom. The topological polar surface area (TPSA) is 68.0 Å². The predicted octanol–water partition coefficient (Wildman–Crippen LogP) is 9.52. The highest BCUT2D eigenvalue weighted by Gasteiger charge is 2.19. The van der Waals surface area contributed by atoms with Crippen molar-refractivity contribution >= 4 is 69.6 Å². The first-order chi connectivity index (χ1) is 17.5. The number of pyridine rings is 1. The molecule has 2 heterocycles. The van der Waals surface area contributed by atoms with Gasteiger partial charge in [0.05, 0.1) is 5.69 Å². The van der Waals surface area contributed by atoms with Crippen molar-refractivity contribution in [2.45, 2.75) is 106 Å². The van der Waals surface area contributed by atoms with Crippen molar-refractivity contribution in [2.24, 2.45) is 0 Å². The average Bonchev–Trinajstić information content (AvgIpc) is 3.21. The van der Waals surface area contributed by atoms with Gasteiger partial charge in [0.1, 0.15) is 10.5 Å². The first kappa shape index (κ1) is 30.2. The van der Waals surface area contributed by atoms with Crippen LogP contribution in [0.25, 0.3) is 11.1 Å². The molecule has 0 unspecified atom stereocenters. The van der Waals surface area contributed by atoms with Crippen LogP contribution in [0.2, 0.25) is 5.02 Å². The van der Waals surface area contributed by atoms with E-state index < -0.39 is 0 Å². The Labute approximate surface area is 239 Å². The lowest BCUT2D eigenvalue weighted by molar-refractivity contribution is -0.116. The minimum Gasteiger partial charge on any atom is -0.431 e. The number of thioether (sulfide) groups is 3. The molecule has 0 saturated carbocycles. The van der Waals surface area contributed by atoms with Gasteiger partial charge in [-0.05, 0) is 50.3 Å². The highest BCUT2D eigenvalue weighted by Crippen LogP contribution is 2.39. The number of hydrogen-bond acceptors (Lipinski definition) is 7. The van der Waals surface area contributed by atoms with Crippen LogP contribution >= 0.6 is 46.9 Å². The Bertz CT molecular complexity index is 1210. The van der Waals surface area contributed by atoms with Gasteiger partial charge >= 0.3 is 0 Å². The van der Waals surface area contributed by atoms with Gasteiger partial charge in [-0.25, -0.2) is 9.97 Å². The number of fused-ring (bicyclic) bond motifs is 1. The predicted molar refractivity (Wildman–Crippen MR) is 162 cm³/mol. The maximum Gasteiger partial charge on any atom is 0.256 e. The van der Waals surface area contributed by atoms with Crippen molar-refractivity contribution in [3.8, 4) is 0 Å². The number of carbonyl (C=O) groups is 1. The maximum absolute atomic E-state index is 12.9. The molecule has 9 heteroatoms. The summed E-state index contributed by atoms with van der Waals surface area (Å²) in [5.41, 5.74) is 5.52. The molecule has 2 aromatic heterocycles. The van der Waals surface area contributed by atoms with Crippen molar-refractivity contribution < 1.29 is 9.21 Å². The number of rotatable bonds is 12. The van der Waals surface area contributed by atoms with Crippen LogP contribution in [-0.2, 0) is 4.79 Å². The molecule has 3 aromatic rings. The van der Waals surface area contributed by atoms with Gasteiger partial charge in [-0.2, -0.15) is 0 Å². The largest absolute Gasteiger partial charge is 0.431 e. The van der Waals surface area contributed by atoms with Gasteiger partial charge in [0, 0.05) is 43.8 Å². The van der Waals surface area contributed by atoms with E-state index in [0.717, 1.165) is 67.1 Å². The number of hydrogen-bond donors (Lipinski definition) is 1. The fourth-order valence-electron chi connectivity index (χ4n) is 3.80. The van der Waals surface area contributed by atoms with Crippen LogP contribution in [0, 0.1) is 13.8 Å². The van der Waals surface area contributed by atoms with E-state index >= 15 is 0 Å². The third-order valence-corrected chi connectivity index (χ3v) is 8.91. The number of carbonyl (C=O) groups excluding carboxylic acids is 1. The van der Waals surface area contributed by atoms with E-state index in [1.54, 1.807) is 35.3 Å². The summed E-state index contributed by atoms with van der Waals surface area (Å²) in [6.07, 6.45) is 2.15. The second kappa shape index (κ2) is 13.6. The van der Waals surface area contributed by atoms with Crippen LogP contribution in [0.1, 0.15) is 83.5 Å². The Hall–Kier alpha value is -1.35. The van der Waals surface area contributed by atoms with E-state index in [1.165, 1.54) is 0 Å². The number of aromatic nitrogens is 2. The van der Waals surface area contributed by atoms with Crippen LogP contribution in [0.15, 0.2) is 31.7 Å². The average molecular weight is 580 g/mol. The smallest absolute Gasteiger partial charge is 0.256 e. The number of unbranched alkanes of at least 4 members (excludes halogenated alkanes) is 1. The van der Waals surface area contributed by atoms with E-state index in [9.17, 15) is 4.79 Å². The summed E-state index contributed by atoms with van der Waals surface area (Å²) in [7, 11) is 0. The fraction of sp³-hybridized carbons (Fsp3) is 0.536. The summed E-state index contributed by atoms with van der Waals surface area (Å²) in [4.78, 5) is 23.4. The number of nitrogens with zero attached hydrogens (tertiary/aromatic N) is 2. The number of amides is 1.